The first-order chi connectivity index (χ1) is 14.1. The molecule has 0 spiro atoms. The molecule has 0 amide bonds. The number of nitrogens with zero attached hydrogens (tertiary/aromatic N) is 3. The van der Waals surface area contributed by atoms with Gasteiger partial charge in [0.1, 0.15) is 11.0 Å². The molecule has 0 unspecified atom stereocenters. The Hall–Kier alpha value is -3.17. The molecule has 0 radical (unpaired) electrons. The molecule has 2 aromatic heterocycles. The third-order valence-electron chi connectivity index (χ3n) is 4.58. The number of terminal acetylenes is 1. The molecule has 29 heavy (non-hydrogen) atoms. The molecule has 5 nitrogen and oxygen atoms in total. The maximum Gasteiger partial charge on any atom is 0.189 e. The van der Waals surface area contributed by atoms with E-state index in [1.807, 2.05) is 31.2 Å². The van der Waals surface area contributed by atoms with Gasteiger partial charge in [-0.05, 0) is 50.8 Å². The summed E-state index contributed by atoms with van der Waals surface area (Å²) in [5.41, 5.74) is 4.81. The Labute approximate surface area is 176 Å². The molecule has 148 valence electrons. The lowest BCUT2D eigenvalue weighted by molar-refractivity contribution is 0.784. The Morgan fingerprint density at radius 1 is 1.31 bits per heavy atom. The average Bonchev–Trinajstić information content (AvgIpc) is 3.16. The summed E-state index contributed by atoms with van der Waals surface area (Å²) in [6.45, 7) is 8.26. The van der Waals surface area contributed by atoms with Gasteiger partial charge in [0.15, 0.2) is 16.6 Å². The first-order valence-corrected chi connectivity index (χ1v) is 10.5. The van der Waals surface area contributed by atoms with Crippen LogP contribution in [0.3, 0.4) is 0 Å². The molecule has 0 aliphatic heterocycles. The van der Waals surface area contributed by atoms with Crippen molar-refractivity contribution in [2.75, 3.05) is 10.6 Å². The minimum Gasteiger partial charge on any atom is -0.339 e. The summed E-state index contributed by atoms with van der Waals surface area (Å²) in [6.07, 6.45) is 13.2. The Balaban J connectivity index is 1.75. The number of allylic oxidation sites excluding steroid dienone is 3. The number of thiazole rings is 1. The standard InChI is InChI=1S/C23H25N5S/c1-5-16(4)10-8-12-18(7-3)27-23-28-22-20(29-23)21(24-15-25-22)26-19-13-9-11-17(6-2)14-19/h2,7,9,11,13-15H,4-5,8,10,12H2,1,3H3,(H2,24,25,26,27,28)/b18-7+. The fourth-order valence-corrected chi connectivity index (χ4v) is 3.74. The second kappa shape index (κ2) is 9.85. The Bertz CT molecular complexity index is 1070. The fourth-order valence-electron chi connectivity index (χ4n) is 2.84. The van der Waals surface area contributed by atoms with Crippen molar-refractivity contribution in [3.63, 3.8) is 0 Å². The summed E-state index contributed by atoms with van der Waals surface area (Å²) in [5, 5.41) is 7.57. The maximum absolute atomic E-state index is 5.49. The summed E-state index contributed by atoms with van der Waals surface area (Å²) in [6, 6.07) is 7.68. The number of anilines is 3. The van der Waals surface area contributed by atoms with E-state index >= 15 is 0 Å². The van der Waals surface area contributed by atoms with Gasteiger partial charge in [-0.2, -0.15) is 4.98 Å². The van der Waals surface area contributed by atoms with Gasteiger partial charge in [-0.3, -0.25) is 0 Å². The van der Waals surface area contributed by atoms with Crippen LogP contribution in [0.4, 0.5) is 16.6 Å². The molecule has 1 aromatic carbocycles. The van der Waals surface area contributed by atoms with E-state index in [0.29, 0.717) is 5.65 Å². The van der Waals surface area contributed by atoms with E-state index in [4.69, 9.17) is 6.42 Å². The zero-order valence-corrected chi connectivity index (χ0v) is 17.6. The minimum atomic E-state index is 0.665. The summed E-state index contributed by atoms with van der Waals surface area (Å²) in [5.74, 6) is 3.36. The third-order valence-corrected chi connectivity index (χ3v) is 5.54. The van der Waals surface area contributed by atoms with Gasteiger partial charge < -0.3 is 10.6 Å². The van der Waals surface area contributed by atoms with Crippen molar-refractivity contribution in [2.24, 2.45) is 0 Å². The van der Waals surface area contributed by atoms with Gasteiger partial charge in [-0.15, -0.1) is 6.42 Å². The van der Waals surface area contributed by atoms with E-state index in [-0.39, 0.29) is 0 Å². The number of nitrogens with one attached hydrogen (secondary N) is 2. The number of aromatic nitrogens is 3. The first-order valence-electron chi connectivity index (χ1n) is 9.67. The summed E-state index contributed by atoms with van der Waals surface area (Å²) in [7, 11) is 0. The highest BCUT2D eigenvalue weighted by atomic mass is 32.1. The van der Waals surface area contributed by atoms with E-state index in [1.54, 1.807) is 0 Å². The van der Waals surface area contributed by atoms with Crippen LogP contribution in [0.5, 0.6) is 0 Å². The monoisotopic (exact) mass is 403 g/mol. The van der Waals surface area contributed by atoms with Crippen LogP contribution in [0.1, 0.15) is 45.1 Å². The summed E-state index contributed by atoms with van der Waals surface area (Å²) >= 11 is 1.53. The molecular weight excluding hydrogens is 378 g/mol. The number of rotatable bonds is 9. The molecule has 0 fully saturated rings. The lowest BCUT2D eigenvalue weighted by Gasteiger charge is -2.08. The largest absolute Gasteiger partial charge is 0.339 e. The molecule has 3 rings (SSSR count). The van der Waals surface area contributed by atoms with Crippen LogP contribution in [-0.2, 0) is 0 Å². The molecule has 2 heterocycles. The highest BCUT2D eigenvalue weighted by Gasteiger charge is 2.12. The SMILES string of the molecule is C#Cc1cccc(Nc2ncnc3nc(N/C(=C/C)CCCC(=C)CC)sc23)c1. The number of hydrogen-bond donors (Lipinski definition) is 2. The molecule has 0 saturated heterocycles. The highest BCUT2D eigenvalue weighted by molar-refractivity contribution is 7.22. The van der Waals surface area contributed by atoms with Crippen LogP contribution in [0.2, 0.25) is 0 Å². The molecule has 0 atom stereocenters. The van der Waals surface area contributed by atoms with Crippen molar-refractivity contribution < 1.29 is 0 Å². The zero-order valence-electron chi connectivity index (χ0n) is 16.8. The van der Waals surface area contributed by atoms with Gasteiger partial charge in [-0.1, -0.05) is 48.5 Å². The van der Waals surface area contributed by atoms with Crippen molar-refractivity contribution in [2.45, 2.75) is 39.5 Å². The Morgan fingerprint density at radius 2 is 2.17 bits per heavy atom. The molecule has 0 saturated carbocycles. The Kier molecular flexibility index (Phi) is 6.99. The number of benzene rings is 1. The average molecular weight is 404 g/mol. The van der Waals surface area contributed by atoms with Gasteiger partial charge in [-0.25, -0.2) is 9.97 Å². The van der Waals surface area contributed by atoms with Crippen molar-refractivity contribution >= 4 is 38.3 Å². The predicted molar refractivity (Wildman–Crippen MR) is 124 cm³/mol. The first kappa shape index (κ1) is 20.6. The molecule has 0 aliphatic carbocycles. The van der Waals surface area contributed by atoms with Crippen LogP contribution in [0.15, 0.2) is 54.5 Å². The van der Waals surface area contributed by atoms with Gasteiger partial charge in [0.25, 0.3) is 0 Å². The molecule has 0 bridgehead atoms. The van der Waals surface area contributed by atoms with E-state index < -0.39 is 0 Å². The van der Waals surface area contributed by atoms with Crippen molar-refractivity contribution in [1.82, 2.24) is 15.0 Å². The number of hydrogen-bond acceptors (Lipinski definition) is 6. The molecular formula is C23H25N5S. The third kappa shape index (κ3) is 5.43. The smallest absolute Gasteiger partial charge is 0.189 e. The highest BCUT2D eigenvalue weighted by Crippen LogP contribution is 2.32. The fraction of sp³-hybridized carbons (Fsp3) is 0.261. The van der Waals surface area contributed by atoms with E-state index in [1.165, 1.54) is 23.2 Å². The minimum absolute atomic E-state index is 0.665. The van der Waals surface area contributed by atoms with Crippen molar-refractivity contribution in [1.29, 1.82) is 0 Å². The number of fused-ring (bicyclic) bond motifs is 1. The summed E-state index contributed by atoms with van der Waals surface area (Å²) < 4.78 is 0.899. The van der Waals surface area contributed by atoms with E-state index in [9.17, 15) is 0 Å². The molecule has 3 aromatic rings. The maximum atomic E-state index is 5.49. The van der Waals surface area contributed by atoms with Gasteiger partial charge in [0.05, 0.1) is 0 Å². The van der Waals surface area contributed by atoms with Crippen molar-refractivity contribution in [3.05, 3.63) is 60.1 Å². The van der Waals surface area contributed by atoms with Crippen LogP contribution in [0, 0.1) is 12.3 Å². The quantitative estimate of drug-likeness (QED) is 0.326. The van der Waals surface area contributed by atoms with E-state index in [0.717, 1.165) is 58.3 Å². The van der Waals surface area contributed by atoms with Gasteiger partial charge in [0, 0.05) is 16.9 Å². The van der Waals surface area contributed by atoms with Crippen LogP contribution < -0.4 is 10.6 Å². The van der Waals surface area contributed by atoms with Crippen LogP contribution in [0.25, 0.3) is 10.3 Å². The topological polar surface area (TPSA) is 62.7 Å². The van der Waals surface area contributed by atoms with Crippen molar-refractivity contribution in [3.8, 4) is 12.3 Å². The second-order valence-corrected chi connectivity index (χ2v) is 7.64. The van der Waals surface area contributed by atoms with E-state index in [2.05, 4.69) is 51.1 Å². The lowest BCUT2D eigenvalue weighted by Crippen LogP contribution is -1.99. The van der Waals surface area contributed by atoms with Gasteiger partial charge in [0.2, 0.25) is 0 Å². The lowest BCUT2D eigenvalue weighted by atomic mass is 10.1. The summed E-state index contributed by atoms with van der Waals surface area (Å²) in [4.78, 5) is 13.3. The molecule has 6 heteroatoms. The second-order valence-electron chi connectivity index (χ2n) is 6.64. The normalized spacial score (nSPS) is 11.3. The predicted octanol–water partition coefficient (Wildman–Crippen LogP) is 6.26. The molecule has 0 aliphatic rings. The van der Waals surface area contributed by atoms with Crippen LogP contribution >= 0.6 is 11.3 Å². The zero-order chi connectivity index (χ0) is 20.6. The Morgan fingerprint density at radius 3 is 2.93 bits per heavy atom. The van der Waals surface area contributed by atoms with Crippen LogP contribution in [-0.4, -0.2) is 15.0 Å². The van der Waals surface area contributed by atoms with Gasteiger partial charge >= 0.3 is 0 Å². The molecule has 2 N–H and O–H groups in total.